The van der Waals surface area contributed by atoms with Gasteiger partial charge < -0.3 is 9.72 Å². The molecule has 1 aliphatic heterocycles. The van der Waals surface area contributed by atoms with Gasteiger partial charge in [0.05, 0.1) is 18.5 Å². The zero-order valence-corrected chi connectivity index (χ0v) is 6.62. The Hall–Kier alpha value is -1.16. The van der Waals surface area contributed by atoms with Gasteiger partial charge in [0.15, 0.2) is 6.29 Å². The monoisotopic (exact) mass is 166 g/mol. The van der Waals surface area contributed by atoms with Crippen molar-refractivity contribution in [1.29, 1.82) is 0 Å². The second kappa shape index (κ2) is 3.06. The lowest BCUT2D eigenvalue weighted by molar-refractivity contribution is 0.111. The van der Waals surface area contributed by atoms with Crippen LogP contribution >= 0.6 is 0 Å². The first kappa shape index (κ1) is 7.49. The van der Waals surface area contributed by atoms with Gasteiger partial charge in [0.2, 0.25) is 0 Å². The van der Waals surface area contributed by atoms with Crippen molar-refractivity contribution < 1.29 is 9.53 Å². The molecule has 4 nitrogen and oxygen atoms in total. The van der Waals surface area contributed by atoms with Gasteiger partial charge in [0.1, 0.15) is 5.82 Å². The van der Waals surface area contributed by atoms with E-state index in [1.54, 1.807) is 6.20 Å². The summed E-state index contributed by atoms with van der Waals surface area (Å²) in [6, 6.07) is 0. The third-order valence-corrected chi connectivity index (χ3v) is 2.06. The Bertz CT molecular complexity index is 276. The molecule has 4 heteroatoms. The Morgan fingerprint density at radius 1 is 1.75 bits per heavy atom. The van der Waals surface area contributed by atoms with Crippen LogP contribution in [0.15, 0.2) is 6.20 Å². The number of hydrogen-bond donors (Lipinski definition) is 1. The molecule has 0 bridgehead atoms. The average Bonchev–Trinajstić information content (AvgIpc) is 2.75. The third kappa shape index (κ3) is 1.25. The zero-order valence-electron chi connectivity index (χ0n) is 6.62. The number of aldehydes is 1. The van der Waals surface area contributed by atoms with Crippen molar-refractivity contribution in [3.8, 4) is 0 Å². The lowest BCUT2D eigenvalue weighted by Gasteiger charge is -2.00. The van der Waals surface area contributed by atoms with Crippen LogP contribution in [0.2, 0.25) is 0 Å². The fraction of sp³-hybridized carbons (Fsp3) is 0.500. The Morgan fingerprint density at radius 3 is 3.25 bits per heavy atom. The van der Waals surface area contributed by atoms with E-state index in [2.05, 4.69) is 9.97 Å². The standard InChI is InChI=1S/C8H10N2O2/c11-4-7-3-9-8(10-7)6-1-2-12-5-6/h3-4,6H,1-2,5H2,(H,9,10). The normalized spacial score (nSPS) is 22.8. The number of carbonyl (C=O) groups is 1. The molecular weight excluding hydrogens is 156 g/mol. The molecule has 64 valence electrons. The van der Waals surface area contributed by atoms with Crippen molar-refractivity contribution in [2.24, 2.45) is 0 Å². The van der Waals surface area contributed by atoms with Gasteiger partial charge in [-0.25, -0.2) is 4.98 Å². The lowest BCUT2D eigenvalue weighted by Crippen LogP contribution is -1.99. The molecular formula is C8H10N2O2. The number of ether oxygens (including phenoxy) is 1. The van der Waals surface area contributed by atoms with Gasteiger partial charge in [-0.15, -0.1) is 0 Å². The zero-order chi connectivity index (χ0) is 8.39. The number of aromatic amines is 1. The van der Waals surface area contributed by atoms with E-state index in [1.807, 2.05) is 0 Å². The van der Waals surface area contributed by atoms with E-state index in [0.717, 1.165) is 25.1 Å². The number of nitrogens with one attached hydrogen (secondary N) is 1. The molecule has 1 saturated heterocycles. The number of H-pyrrole nitrogens is 1. The number of nitrogens with zero attached hydrogens (tertiary/aromatic N) is 1. The predicted octanol–water partition coefficient (Wildman–Crippen LogP) is 0.726. The van der Waals surface area contributed by atoms with Crippen LogP contribution in [-0.2, 0) is 4.74 Å². The molecule has 1 aromatic rings. The van der Waals surface area contributed by atoms with E-state index >= 15 is 0 Å². The minimum Gasteiger partial charge on any atom is -0.381 e. The third-order valence-electron chi connectivity index (χ3n) is 2.06. The van der Waals surface area contributed by atoms with Gasteiger partial charge in [-0.05, 0) is 6.42 Å². The Kier molecular flexibility index (Phi) is 1.91. The molecule has 0 aliphatic carbocycles. The van der Waals surface area contributed by atoms with Crippen LogP contribution in [0, 0.1) is 0 Å². The smallest absolute Gasteiger partial charge is 0.167 e. The summed E-state index contributed by atoms with van der Waals surface area (Å²) in [6.45, 7) is 1.51. The number of carbonyl (C=O) groups excluding carboxylic acids is 1. The molecule has 2 rings (SSSR count). The van der Waals surface area contributed by atoms with Crippen molar-refractivity contribution >= 4 is 6.29 Å². The maximum atomic E-state index is 10.3. The molecule has 1 aromatic heterocycles. The highest BCUT2D eigenvalue weighted by Gasteiger charge is 2.20. The van der Waals surface area contributed by atoms with Crippen LogP contribution in [0.25, 0.3) is 0 Å². The minimum atomic E-state index is 0.346. The van der Waals surface area contributed by atoms with E-state index in [4.69, 9.17) is 4.74 Å². The highest BCUT2D eigenvalue weighted by atomic mass is 16.5. The van der Waals surface area contributed by atoms with Crippen LogP contribution in [0.1, 0.15) is 28.7 Å². The summed E-state index contributed by atoms with van der Waals surface area (Å²) in [7, 11) is 0. The van der Waals surface area contributed by atoms with Gasteiger partial charge in [0.25, 0.3) is 0 Å². The summed E-state index contributed by atoms with van der Waals surface area (Å²) in [5, 5.41) is 0. The largest absolute Gasteiger partial charge is 0.381 e. The summed E-state index contributed by atoms with van der Waals surface area (Å²) in [4.78, 5) is 17.4. The van der Waals surface area contributed by atoms with Gasteiger partial charge in [-0.2, -0.15) is 0 Å². The Labute approximate surface area is 70.0 Å². The lowest BCUT2D eigenvalue weighted by atomic mass is 10.1. The topological polar surface area (TPSA) is 55.0 Å². The van der Waals surface area contributed by atoms with Crippen LogP contribution in [0.5, 0.6) is 0 Å². The SMILES string of the molecule is O=Cc1cnc(C2CCOC2)[nH]1. The summed E-state index contributed by atoms with van der Waals surface area (Å²) < 4.78 is 5.21. The molecule has 1 unspecified atom stereocenters. The average molecular weight is 166 g/mol. The summed E-state index contributed by atoms with van der Waals surface area (Å²) >= 11 is 0. The van der Waals surface area contributed by atoms with Crippen LogP contribution in [0.3, 0.4) is 0 Å². The second-order valence-corrected chi connectivity index (χ2v) is 2.90. The molecule has 12 heavy (non-hydrogen) atoms. The summed E-state index contributed by atoms with van der Waals surface area (Å²) in [5.41, 5.74) is 0.539. The quantitative estimate of drug-likeness (QED) is 0.659. The van der Waals surface area contributed by atoms with Gasteiger partial charge in [-0.3, -0.25) is 4.79 Å². The number of rotatable bonds is 2. The van der Waals surface area contributed by atoms with Crippen LogP contribution in [0.4, 0.5) is 0 Å². The first-order valence-electron chi connectivity index (χ1n) is 3.98. The second-order valence-electron chi connectivity index (χ2n) is 2.90. The number of hydrogen-bond acceptors (Lipinski definition) is 3. The summed E-state index contributed by atoms with van der Waals surface area (Å²) in [6.07, 6.45) is 3.32. The van der Waals surface area contributed by atoms with Crippen molar-refractivity contribution in [3.05, 3.63) is 17.7 Å². The Morgan fingerprint density at radius 2 is 2.67 bits per heavy atom. The van der Waals surface area contributed by atoms with E-state index in [-0.39, 0.29) is 0 Å². The maximum absolute atomic E-state index is 10.3. The molecule has 0 saturated carbocycles. The minimum absolute atomic E-state index is 0.346. The maximum Gasteiger partial charge on any atom is 0.167 e. The van der Waals surface area contributed by atoms with E-state index in [9.17, 15) is 4.79 Å². The number of aromatic nitrogens is 2. The van der Waals surface area contributed by atoms with Crippen molar-refractivity contribution in [3.63, 3.8) is 0 Å². The molecule has 0 aromatic carbocycles. The Balaban J connectivity index is 2.16. The molecule has 0 radical (unpaired) electrons. The van der Waals surface area contributed by atoms with E-state index in [1.165, 1.54) is 0 Å². The van der Waals surface area contributed by atoms with E-state index in [0.29, 0.717) is 18.2 Å². The fourth-order valence-corrected chi connectivity index (χ4v) is 1.37. The van der Waals surface area contributed by atoms with Crippen molar-refractivity contribution in [1.82, 2.24) is 9.97 Å². The van der Waals surface area contributed by atoms with Crippen LogP contribution < -0.4 is 0 Å². The first-order valence-corrected chi connectivity index (χ1v) is 3.98. The predicted molar refractivity (Wildman–Crippen MR) is 42.2 cm³/mol. The molecule has 2 heterocycles. The van der Waals surface area contributed by atoms with Crippen molar-refractivity contribution in [2.75, 3.05) is 13.2 Å². The number of imidazole rings is 1. The van der Waals surface area contributed by atoms with Crippen molar-refractivity contribution in [2.45, 2.75) is 12.3 Å². The molecule has 1 aliphatic rings. The fourth-order valence-electron chi connectivity index (χ4n) is 1.37. The molecule has 0 spiro atoms. The van der Waals surface area contributed by atoms with Gasteiger partial charge >= 0.3 is 0 Å². The van der Waals surface area contributed by atoms with E-state index < -0.39 is 0 Å². The molecule has 1 atom stereocenters. The summed E-state index contributed by atoms with van der Waals surface area (Å²) in [5.74, 6) is 1.22. The highest BCUT2D eigenvalue weighted by Crippen LogP contribution is 2.21. The molecule has 1 fully saturated rings. The first-order chi connectivity index (χ1) is 5.90. The highest BCUT2D eigenvalue weighted by molar-refractivity contribution is 5.71. The van der Waals surface area contributed by atoms with Gasteiger partial charge in [-0.1, -0.05) is 0 Å². The van der Waals surface area contributed by atoms with Gasteiger partial charge in [0, 0.05) is 12.5 Å². The molecule has 1 N–H and O–H groups in total. The molecule has 0 amide bonds. The van der Waals surface area contributed by atoms with Crippen LogP contribution in [-0.4, -0.2) is 29.5 Å².